The Morgan fingerprint density at radius 2 is 1.88 bits per heavy atom. The quantitative estimate of drug-likeness (QED) is 0.873. The Hall–Kier alpha value is -1.16. The molecule has 2 rings (SSSR count). The third-order valence-electron chi connectivity index (χ3n) is 3.58. The van der Waals surface area contributed by atoms with Crippen LogP contribution in [-0.2, 0) is 6.54 Å². The lowest BCUT2D eigenvalue weighted by Crippen LogP contribution is -2.22. The van der Waals surface area contributed by atoms with E-state index in [1.54, 1.807) is 0 Å². The summed E-state index contributed by atoms with van der Waals surface area (Å²) < 4.78 is 5.96. The SMILES string of the molecule is Cc1nnc(OC2CCCCC2)c(CN)c1C. The number of hydrogen-bond donors (Lipinski definition) is 1. The first-order valence-electron chi connectivity index (χ1n) is 6.42. The predicted molar refractivity (Wildman–Crippen MR) is 66.9 cm³/mol. The number of aryl methyl sites for hydroxylation is 1. The van der Waals surface area contributed by atoms with E-state index in [1.165, 1.54) is 19.3 Å². The van der Waals surface area contributed by atoms with Gasteiger partial charge in [0.05, 0.1) is 5.69 Å². The Balaban J connectivity index is 2.17. The molecule has 4 heteroatoms. The van der Waals surface area contributed by atoms with Crippen LogP contribution in [0.5, 0.6) is 5.88 Å². The van der Waals surface area contributed by atoms with Gasteiger partial charge in [-0.25, -0.2) is 0 Å². The third kappa shape index (κ3) is 2.75. The molecule has 0 aliphatic heterocycles. The molecular weight excluding hydrogens is 214 g/mol. The van der Waals surface area contributed by atoms with Crippen LogP contribution < -0.4 is 10.5 Å². The van der Waals surface area contributed by atoms with Gasteiger partial charge < -0.3 is 10.5 Å². The first-order chi connectivity index (χ1) is 8.22. The minimum absolute atomic E-state index is 0.297. The highest BCUT2D eigenvalue weighted by molar-refractivity contribution is 5.35. The molecule has 0 bridgehead atoms. The van der Waals surface area contributed by atoms with Gasteiger partial charge in [-0.05, 0) is 45.1 Å². The summed E-state index contributed by atoms with van der Waals surface area (Å²) in [6, 6.07) is 0. The lowest BCUT2D eigenvalue weighted by atomic mass is 9.98. The van der Waals surface area contributed by atoms with Crippen LogP contribution in [-0.4, -0.2) is 16.3 Å². The Morgan fingerprint density at radius 1 is 1.18 bits per heavy atom. The summed E-state index contributed by atoms with van der Waals surface area (Å²) in [6.45, 7) is 4.44. The standard InChI is InChI=1S/C13H21N3O/c1-9-10(2)15-16-13(12(9)8-14)17-11-6-4-3-5-7-11/h11H,3-8,14H2,1-2H3. The largest absolute Gasteiger partial charge is 0.473 e. The molecule has 1 aromatic rings. The molecule has 2 N–H and O–H groups in total. The fourth-order valence-electron chi connectivity index (χ4n) is 2.31. The molecule has 0 unspecified atom stereocenters. The molecular formula is C13H21N3O. The van der Waals surface area contributed by atoms with Crippen LogP contribution in [0, 0.1) is 13.8 Å². The maximum Gasteiger partial charge on any atom is 0.238 e. The monoisotopic (exact) mass is 235 g/mol. The van der Waals surface area contributed by atoms with Gasteiger partial charge in [0.15, 0.2) is 0 Å². The van der Waals surface area contributed by atoms with Crippen molar-refractivity contribution in [1.29, 1.82) is 0 Å². The van der Waals surface area contributed by atoms with E-state index in [4.69, 9.17) is 10.5 Å². The van der Waals surface area contributed by atoms with E-state index in [2.05, 4.69) is 10.2 Å². The Morgan fingerprint density at radius 3 is 2.53 bits per heavy atom. The van der Waals surface area contributed by atoms with Crippen molar-refractivity contribution in [2.45, 2.75) is 58.6 Å². The highest BCUT2D eigenvalue weighted by Crippen LogP contribution is 2.26. The van der Waals surface area contributed by atoms with E-state index < -0.39 is 0 Å². The van der Waals surface area contributed by atoms with E-state index in [-0.39, 0.29) is 0 Å². The second kappa shape index (κ2) is 5.45. The number of ether oxygens (including phenoxy) is 1. The van der Waals surface area contributed by atoms with Gasteiger partial charge in [-0.2, -0.15) is 5.10 Å². The Kier molecular flexibility index (Phi) is 3.94. The Bertz CT molecular complexity index is 386. The number of rotatable bonds is 3. The van der Waals surface area contributed by atoms with Crippen LogP contribution >= 0.6 is 0 Å². The normalized spacial score (nSPS) is 17.1. The minimum atomic E-state index is 0.297. The molecule has 1 saturated carbocycles. The molecule has 1 heterocycles. The van der Waals surface area contributed by atoms with Gasteiger partial charge in [-0.1, -0.05) is 6.42 Å². The summed E-state index contributed by atoms with van der Waals surface area (Å²) in [7, 11) is 0. The Labute approximate surface area is 103 Å². The molecule has 17 heavy (non-hydrogen) atoms. The first kappa shape index (κ1) is 12.3. The van der Waals surface area contributed by atoms with Crippen molar-refractivity contribution in [3.63, 3.8) is 0 Å². The number of nitrogens with zero attached hydrogens (tertiary/aromatic N) is 2. The number of aromatic nitrogens is 2. The van der Waals surface area contributed by atoms with Gasteiger partial charge >= 0.3 is 0 Å². The zero-order valence-electron chi connectivity index (χ0n) is 10.7. The molecule has 0 radical (unpaired) electrons. The summed E-state index contributed by atoms with van der Waals surface area (Å²) in [5.74, 6) is 0.641. The maximum atomic E-state index is 5.96. The van der Waals surface area contributed by atoms with E-state index in [0.717, 1.165) is 29.7 Å². The van der Waals surface area contributed by atoms with Crippen LogP contribution in [0.3, 0.4) is 0 Å². The van der Waals surface area contributed by atoms with Crippen LogP contribution in [0.1, 0.15) is 48.9 Å². The van der Waals surface area contributed by atoms with Crippen molar-refractivity contribution in [2.24, 2.45) is 5.73 Å². The van der Waals surface area contributed by atoms with Gasteiger partial charge in [0.2, 0.25) is 5.88 Å². The van der Waals surface area contributed by atoms with Crippen molar-refractivity contribution in [2.75, 3.05) is 0 Å². The summed E-state index contributed by atoms with van der Waals surface area (Å²) in [5.41, 5.74) is 8.82. The van der Waals surface area contributed by atoms with E-state index in [0.29, 0.717) is 18.5 Å². The minimum Gasteiger partial charge on any atom is -0.473 e. The van der Waals surface area contributed by atoms with Gasteiger partial charge in [0, 0.05) is 12.1 Å². The van der Waals surface area contributed by atoms with Crippen molar-refractivity contribution in [1.82, 2.24) is 10.2 Å². The van der Waals surface area contributed by atoms with Crippen molar-refractivity contribution in [3.05, 3.63) is 16.8 Å². The van der Waals surface area contributed by atoms with Crippen LogP contribution in [0.2, 0.25) is 0 Å². The molecule has 1 aromatic heterocycles. The summed E-state index contributed by atoms with van der Waals surface area (Å²) in [6.07, 6.45) is 6.37. The van der Waals surface area contributed by atoms with Crippen LogP contribution in [0.25, 0.3) is 0 Å². The van der Waals surface area contributed by atoms with Crippen LogP contribution in [0.15, 0.2) is 0 Å². The molecule has 0 atom stereocenters. The number of nitrogens with two attached hydrogens (primary N) is 1. The maximum absolute atomic E-state index is 5.96. The fourth-order valence-corrected chi connectivity index (χ4v) is 2.31. The lowest BCUT2D eigenvalue weighted by Gasteiger charge is -2.23. The molecule has 0 aromatic carbocycles. The highest BCUT2D eigenvalue weighted by Gasteiger charge is 2.18. The zero-order valence-corrected chi connectivity index (χ0v) is 10.7. The molecule has 1 aliphatic rings. The molecule has 1 fully saturated rings. The van der Waals surface area contributed by atoms with E-state index in [1.807, 2.05) is 13.8 Å². The average molecular weight is 235 g/mol. The first-order valence-corrected chi connectivity index (χ1v) is 6.42. The van der Waals surface area contributed by atoms with E-state index >= 15 is 0 Å². The second-order valence-corrected chi connectivity index (χ2v) is 4.78. The van der Waals surface area contributed by atoms with Crippen LogP contribution in [0.4, 0.5) is 0 Å². The molecule has 0 amide bonds. The lowest BCUT2D eigenvalue weighted by molar-refractivity contribution is 0.145. The summed E-state index contributed by atoms with van der Waals surface area (Å²) >= 11 is 0. The predicted octanol–water partition coefficient (Wildman–Crippen LogP) is 2.26. The van der Waals surface area contributed by atoms with Gasteiger partial charge in [-0.15, -0.1) is 5.10 Å². The zero-order chi connectivity index (χ0) is 12.3. The molecule has 94 valence electrons. The fraction of sp³-hybridized carbons (Fsp3) is 0.692. The third-order valence-corrected chi connectivity index (χ3v) is 3.58. The molecule has 1 aliphatic carbocycles. The second-order valence-electron chi connectivity index (χ2n) is 4.78. The summed E-state index contributed by atoms with van der Waals surface area (Å²) in [4.78, 5) is 0. The summed E-state index contributed by atoms with van der Waals surface area (Å²) in [5, 5.41) is 8.27. The molecule has 4 nitrogen and oxygen atoms in total. The van der Waals surface area contributed by atoms with Crippen molar-refractivity contribution < 1.29 is 4.74 Å². The van der Waals surface area contributed by atoms with Crippen molar-refractivity contribution >= 4 is 0 Å². The smallest absolute Gasteiger partial charge is 0.238 e. The van der Waals surface area contributed by atoms with Gasteiger partial charge in [0.1, 0.15) is 6.10 Å². The average Bonchev–Trinajstić information content (AvgIpc) is 2.36. The molecule has 0 spiro atoms. The van der Waals surface area contributed by atoms with E-state index in [9.17, 15) is 0 Å². The number of hydrogen-bond acceptors (Lipinski definition) is 4. The molecule has 0 saturated heterocycles. The van der Waals surface area contributed by atoms with Gasteiger partial charge in [-0.3, -0.25) is 0 Å². The van der Waals surface area contributed by atoms with Crippen molar-refractivity contribution in [3.8, 4) is 5.88 Å². The highest BCUT2D eigenvalue weighted by atomic mass is 16.5. The topological polar surface area (TPSA) is 61.0 Å². The van der Waals surface area contributed by atoms with Gasteiger partial charge in [0.25, 0.3) is 0 Å².